The molecule has 3 nitrogen and oxygen atoms in total. The first kappa shape index (κ1) is 14.9. The molecule has 0 amide bonds. The van der Waals surface area contributed by atoms with Crippen molar-refractivity contribution >= 4 is 0 Å². The molecule has 18 heavy (non-hydrogen) atoms. The molecule has 102 valence electrons. The summed E-state index contributed by atoms with van der Waals surface area (Å²) in [6.07, 6.45) is -4.37. The van der Waals surface area contributed by atoms with E-state index >= 15 is 0 Å². The quantitative estimate of drug-likeness (QED) is 0.822. The predicted octanol–water partition coefficient (Wildman–Crippen LogP) is 1.80. The third-order valence-corrected chi connectivity index (χ3v) is 2.49. The lowest BCUT2D eigenvalue weighted by Gasteiger charge is -2.17. The standard InChI is InChI=1S/C12H16F3NO2/c1-18-8-10(7-17)16-6-9-4-2-3-5-11(9)12(13,14)15/h2-5,10,16-17H,6-8H2,1H3/t10-/m1/s1. The van der Waals surface area contributed by atoms with Crippen LogP contribution in [0.4, 0.5) is 13.2 Å². The van der Waals surface area contributed by atoms with E-state index in [-0.39, 0.29) is 31.4 Å². The number of aliphatic hydroxyl groups is 1. The number of ether oxygens (including phenoxy) is 1. The molecule has 0 spiro atoms. The van der Waals surface area contributed by atoms with Crippen molar-refractivity contribution in [1.29, 1.82) is 0 Å². The molecule has 0 unspecified atom stereocenters. The zero-order valence-electron chi connectivity index (χ0n) is 10.00. The van der Waals surface area contributed by atoms with Crippen molar-refractivity contribution in [3.8, 4) is 0 Å². The maximum Gasteiger partial charge on any atom is 0.416 e. The lowest BCUT2D eigenvalue weighted by Crippen LogP contribution is -2.36. The maximum atomic E-state index is 12.7. The third-order valence-electron chi connectivity index (χ3n) is 2.49. The number of nitrogens with one attached hydrogen (secondary N) is 1. The highest BCUT2D eigenvalue weighted by Gasteiger charge is 2.32. The van der Waals surface area contributed by atoms with Crippen molar-refractivity contribution in [2.75, 3.05) is 20.3 Å². The molecule has 0 saturated carbocycles. The summed E-state index contributed by atoms with van der Waals surface area (Å²) in [7, 11) is 1.47. The molecule has 0 aliphatic rings. The number of hydrogen-bond acceptors (Lipinski definition) is 3. The van der Waals surface area contributed by atoms with Gasteiger partial charge in [-0.2, -0.15) is 13.2 Å². The van der Waals surface area contributed by atoms with Gasteiger partial charge in [0, 0.05) is 13.7 Å². The van der Waals surface area contributed by atoms with Crippen molar-refractivity contribution in [2.24, 2.45) is 0 Å². The molecule has 0 aliphatic carbocycles. The van der Waals surface area contributed by atoms with Gasteiger partial charge < -0.3 is 15.2 Å². The van der Waals surface area contributed by atoms with Gasteiger partial charge in [-0.3, -0.25) is 0 Å². The van der Waals surface area contributed by atoms with Crippen LogP contribution in [0.1, 0.15) is 11.1 Å². The Bertz CT molecular complexity index is 369. The Labute approximate surface area is 104 Å². The van der Waals surface area contributed by atoms with Gasteiger partial charge in [-0.1, -0.05) is 18.2 Å². The Kier molecular flexibility index (Phi) is 5.58. The Morgan fingerprint density at radius 3 is 2.56 bits per heavy atom. The fourth-order valence-corrected chi connectivity index (χ4v) is 1.58. The molecular formula is C12H16F3NO2. The number of methoxy groups -OCH3 is 1. The Hall–Kier alpha value is -1.11. The molecule has 1 atom stereocenters. The largest absolute Gasteiger partial charge is 0.416 e. The van der Waals surface area contributed by atoms with E-state index in [0.717, 1.165) is 6.07 Å². The summed E-state index contributed by atoms with van der Waals surface area (Å²) >= 11 is 0. The molecule has 1 rings (SSSR count). The predicted molar refractivity (Wildman–Crippen MR) is 61.0 cm³/mol. The molecule has 0 heterocycles. The van der Waals surface area contributed by atoms with E-state index in [1.807, 2.05) is 0 Å². The van der Waals surface area contributed by atoms with E-state index in [0.29, 0.717) is 0 Å². The Balaban J connectivity index is 2.73. The minimum absolute atomic E-state index is 0.0320. The molecule has 0 aromatic heterocycles. The van der Waals surface area contributed by atoms with Crippen molar-refractivity contribution < 1.29 is 23.0 Å². The highest BCUT2D eigenvalue weighted by molar-refractivity contribution is 5.29. The van der Waals surface area contributed by atoms with Crippen LogP contribution in [0.2, 0.25) is 0 Å². The maximum absolute atomic E-state index is 12.7. The van der Waals surface area contributed by atoms with Gasteiger partial charge in [0.15, 0.2) is 0 Å². The molecule has 0 radical (unpaired) electrons. The van der Waals surface area contributed by atoms with Crippen LogP contribution in [0.3, 0.4) is 0 Å². The molecule has 1 aromatic carbocycles. The molecule has 0 saturated heterocycles. The van der Waals surface area contributed by atoms with Crippen LogP contribution in [0.15, 0.2) is 24.3 Å². The number of benzene rings is 1. The first-order chi connectivity index (χ1) is 8.49. The summed E-state index contributed by atoms with van der Waals surface area (Å²) in [6, 6.07) is 4.98. The summed E-state index contributed by atoms with van der Waals surface area (Å²) in [6.45, 7) is 0.0803. The van der Waals surface area contributed by atoms with E-state index in [1.165, 1.54) is 19.2 Å². The van der Waals surface area contributed by atoms with E-state index in [4.69, 9.17) is 9.84 Å². The second-order valence-electron chi connectivity index (χ2n) is 3.87. The minimum atomic E-state index is -4.37. The minimum Gasteiger partial charge on any atom is -0.395 e. The normalized spacial score (nSPS) is 13.6. The molecule has 6 heteroatoms. The van der Waals surface area contributed by atoms with Crippen LogP contribution in [0.25, 0.3) is 0 Å². The molecule has 0 aliphatic heterocycles. The SMILES string of the molecule is COC[C@@H](CO)NCc1ccccc1C(F)(F)F. The van der Waals surface area contributed by atoms with E-state index in [1.54, 1.807) is 6.07 Å². The lowest BCUT2D eigenvalue weighted by atomic mass is 10.1. The molecule has 1 aromatic rings. The monoisotopic (exact) mass is 263 g/mol. The van der Waals surface area contributed by atoms with Gasteiger partial charge in [-0.15, -0.1) is 0 Å². The van der Waals surface area contributed by atoms with Crippen LogP contribution in [-0.2, 0) is 17.5 Å². The smallest absolute Gasteiger partial charge is 0.395 e. The van der Waals surface area contributed by atoms with Crippen LogP contribution in [-0.4, -0.2) is 31.5 Å². The zero-order valence-corrected chi connectivity index (χ0v) is 10.00. The Morgan fingerprint density at radius 1 is 1.33 bits per heavy atom. The second kappa shape index (κ2) is 6.72. The first-order valence-electron chi connectivity index (χ1n) is 5.47. The molecular weight excluding hydrogens is 247 g/mol. The summed E-state index contributed by atoms with van der Waals surface area (Å²) in [5.41, 5.74) is -0.508. The number of rotatable bonds is 6. The van der Waals surface area contributed by atoms with Gasteiger partial charge in [-0.05, 0) is 11.6 Å². The summed E-state index contributed by atoms with van der Waals surface area (Å²) in [5, 5.41) is 11.8. The lowest BCUT2D eigenvalue weighted by molar-refractivity contribution is -0.138. The van der Waals surface area contributed by atoms with Gasteiger partial charge in [0.2, 0.25) is 0 Å². The Morgan fingerprint density at radius 2 is 2.00 bits per heavy atom. The summed E-state index contributed by atoms with van der Waals surface area (Å²) in [5.74, 6) is 0. The van der Waals surface area contributed by atoms with Crippen LogP contribution in [0.5, 0.6) is 0 Å². The van der Waals surface area contributed by atoms with Gasteiger partial charge in [-0.25, -0.2) is 0 Å². The molecule has 0 fully saturated rings. The van der Waals surface area contributed by atoms with Gasteiger partial charge in [0.05, 0.1) is 24.8 Å². The van der Waals surface area contributed by atoms with Gasteiger partial charge in [0.1, 0.15) is 0 Å². The third kappa shape index (κ3) is 4.29. The van der Waals surface area contributed by atoms with Crippen LogP contribution < -0.4 is 5.32 Å². The number of hydrogen-bond donors (Lipinski definition) is 2. The zero-order chi connectivity index (χ0) is 13.6. The molecule has 2 N–H and O–H groups in total. The fourth-order valence-electron chi connectivity index (χ4n) is 1.58. The second-order valence-corrected chi connectivity index (χ2v) is 3.87. The number of halogens is 3. The highest BCUT2D eigenvalue weighted by atomic mass is 19.4. The van der Waals surface area contributed by atoms with Crippen molar-refractivity contribution in [2.45, 2.75) is 18.8 Å². The van der Waals surface area contributed by atoms with Crippen molar-refractivity contribution in [3.63, 3.8) is 0 Å². The van der Waals surface area contributed by atoms with E-state index in [9.17, 15) is 13.2 Å². The average Bonchev–Trinajstić information content (AvgIpc) is 2.33. The van der Waals surface area contributed by atoms with E-state index in [2.05, 4.69) is 5.32 Å². The van der Waals surface area contributed by atoms with Crippen LogP contribution in [0, 0.1) is 0 Å². The van der Waals surface area contributed by atoms with Crippen molar-refractivity contribution in [3.05, 3.63) is 35.4 Å². The van der Waals surface area contributed by atoms with Crippen molar-refractivity contribution in [1.82, 2.24) is 5.32 Å². The molecule has 0 bridgehead atoms. The van der Waals surface area contributed by atoms with Gasteiger partial charge in [0.25, 0.3) is 0 Å². The van der Waals surface area contributed by atoms with Gasteiger partial charge >= 0.3 is 6.18 Å². The summed E-state index contributed by atoms with van der Waals surface area (Å²) < 4.78 is 42.9. The topological polar surface area (TPSA) is 41.5 Å². The number of alkyl halides is 3. The highest BCUT2D eigenvalue weighted by Crippen LogP contribution is 2.31. The average molecular weight is 263 g/mol. The van der Waals surface area contributed by atoms with Crippen LogP contribution >= 0.6 is 0 Å². The fraction of sp³-hybridized carbons (Fsp3) is 0.500. The summed E-state index contributed by atoms with van der Waals surface area (Å²) in [4.78, 5) is 0. The number of aliphatic hydroxyl groups excluding tert-OH is 1. The first-order valence-corrected chi connectivity index (χ1v) is 5.47. The van der Waals surface area contributed by atoms with E-state index < -0.39 is 11.7 Å².